The molecule has 2 atom stereocenters. The van der Waals surface area contributed by atoms with Gasteiger partial charge in [-0.15, -0.1) is 0 Å². The Morgan fingerprint density at radius 2 is 1.71 bits per heavy atom. The summed E-state index contributed by atoms with van der Waals surface area (Å²) in [6.45, 7) is 9.39. The zero-order valence-corrected chi connectivity index (χ0v) is 11.0. The lowest BCUT2D eigenvalue weighted by molar-refractivity contribution is 0.424. The minimum Gasteiger partial charge on any atom is -0.0669 e. The highest BCUT2D eigenvalue weighted by molar-refractivity contribution is 6.14. The molecule has 0 aromatic carbocycles. The van der Waals surface area contributed by atoms with E-state index in [1.54, 1.807) is 0 Å². The van der Waals surface area contributed by atoms with Crippen LogP contribution >= 0.6 is 0 Å². The zero-order valence-electron chi connectivity index (χ0n) is 11.0. The standard InChI is InChI=1S/C13H29B/c1-5-7-10-13(4,14)11-8-9-12(3)6-2/h12H,5-11,14H2,1-4H3. The predicted molar refractivity (Wildman–Crippen MR) is 69.7 cm³/mol. The molecule has 0 heterocycles. The summed E-state index contributed by atoms with van der Waals surface area (Å²) in [6.07, 6.45) is 9.75. The summed E-state index contributed by atoms with van der Waals surface area (Å²) in [5, 5.41) is 0.587. The van der Waals surface area contributed by atoms with Crippen LogP contribution in [0.25, 0.3) is 0 Å². The van der Waals surface area contributed by atoms with Gasteiger partial charge in [-0.05, 0) is 5.92 Å². The fourth-order valence-electron chi connectivity index (χ4n) is 1.91. The molecule has 0 saturated heterocycles. The predicted octanol–water partition coefficient (Wildman–Crippen LogP) is 4.20. The third-order valence-corrected chi connectivity index (χ3v) is 3.45. The van der Waals surface area contributed by atoms with Crippen molar-refractivity contribution >= 4 is 7.85 Å². The first-order valence-electron chi connectivity index (χ1n) is 6.52. The van der Waals surface area contributed by atoms with Crippen LogP contribution in [-0.2, 0) is 0 Å². The van der Waals surface area contributed by atoms with Crippen molar-refractivity contribution in [3.63, 3.8) is 0 Å². The third kappa shape index (κ3) is 7.47. The second kappa shape index (κ2) is 7.37. The Morgan fingerprint density at radius 3 is 2.21 bits per heavy atom. The molecule has 84 valence electrons. The van der Waals surface area contributed by atoms with Crippen LogP contribution in [0.15, 0.2) is 0 Å². The van der Waals surface area contributed by atoms with E-state index >= 15 is 0 Å². The molecule has 0 bridgehead atoms. The van der Waals surface area contributed by atoms with Gasteiger partial charge in [-0.2, -0.15) is 0 Å². The molecule has 0 aliphatic rings. The van der Waals surface area contributed by atoms with Gasteiger partial charge in [0.1, 0.15) is 7.85 Å². The molecule has 0 aliphatic carbocycles. The Balaban J connectivity index is 3.54. The largest absolute Gasteiger partial charge is 0.109 e. The Hall–Kier alpha value is 0.0649. The summed E-state index contributed by atoms with van der Waals surface area (Å²) >= 11 is 0. The van der Waals surface area contributed by atoms with Crippen LogP contribution in [-0.4, -0.2) is 7.85 Å². The highest BCUT2D eigenvalue weighted by atomic mass is 14.2. The zero-order chi connectivity index (χ0) is 11.0. The maximum absolute atomic E-state index is 2.43. The van der Waals surface area contributed by atoms with E-state index in [2.05, 4.69) is 35.5 Å². The monoisotopic (exact) mass is 196 g/mol. The summed E-state index contributed by atoms with van der Waals surface area (Å²) in [5.41, 5.74) is 0. The van der Waals surface area contributed by atoms with Crippen LogP contribution in [0.5, 0.6) is 0 Å². The minimum atomic E-state index is 0.587. The first-order chi connectivity index (χ1) is 6.52. The molecule has 0 aromatic rings. The first-order valence-corrected chi connectivity index (χ1v) is 6.52. The summed E-state index contributed by atoms with van der Waals surface area (Å²) in [5.74, 6) is 0.928. The van der Waals surface area contributed by atoms with Gasteiger partial charge in [-0.1, -0.05) is 78.0 Å². The molecular formula is C13H29B. The molecular weight excluding hydrogens is 167 g/mol. The van der Waals surface area contributed by atoms with E-state index in [0.29, 0.717) is 5.31 Å². The average Bonchev–Trinajstić information content (AvgIpc) is 2.14. The summed E-state index contributed by atoms with van der Waals surface area (Å²) in [4.78, 5) is 0. The molecule has 0 nitrogen and oxygen atoms in total. The van der Waals surface area contributed by atoms with Gasteiger partial charge in [0.25, 0.3) is 0 Å². The number of hydrogen-bond donors (Lipinski definition) is 0. The number of rotatable bonds is 8. The molecule has 2 unspecified atom stereocenters. The van der Waals surface area contributed by atoms with E-state index < -0.39 is 0 Å². The highest BCUT2D eigenvalue weighted by Crippen LogP contribution is 2.34. The Labute approximate surface area is 92.3 Å². The molecule has 0 spiro atoms. The normalized spacial score (nSPS) is 17.7. The van der Waals surface area contributed by atoms with Gasteiger partial charge >= 0.3 is 0 Å². The van der Waals surface area contributed by atoms with Crippen molar-refractivity contribution in [2.24, 2.45) is 5.92 Å². The minimum absolute atomic E-state index is 0.587. The SMILES string of the molecule is BC(C)(CCCC)CCCC(C)CC. The Bertz CT molecular complexity index is 129. The van der Waals surface area contributed by atoms with E-state index in [4.69, 9.17) is 0 Å². The summed E-state index contributed by atoms with van der Waals surface area (Å²) in [7, 11) is 2.43. The molecule has 0 fully saturated rings. The van der Waals surface area contributed by atoms with Crippen LogP contribution in [0.2, 0.25) is 5.31 Å². The van der Waals surface area contributed by atoms with E-state index in [9.17, 15) is 0 Å². The van der Waals surface area contributed by atoms with Gasteiger partial charge in [0.05, 0.1) is 0 Å². The van der Waals surface area contributed by atoms with Crippen molar-refractivity contribution in [1.29, 1.82) is 0 Å². The molecule has 0 saturated carbocycles. The molecule has 0 N–H and O–H groups in total. The van der Waals surface area contributed by atoms with Gasteiger partial charge in [0.15, 0.2) is 0 Å². The summed E-state index contributed by atoms with van der Waals surface area (Å²) < 4.78 is 0. The van der Waals surface area contributed by atoms with Crippen LogP contribution in [0.1, 0.15) is 72.6 Å². The van der Waals surface area contributed by atoms with Crippen molar-refractivity contribution in [3.05, 3.63) is 0 Å². The lowest BCUT2D eigenvalue weighted by Gasteiger charge is -2.25. The second-order valence-corrected chi connectivity index (χ2v) is 5.67. The molecule has 0 aromatic heterocycles. The van der Waals surface area contributed by atoms with Gasteiger partial charge < -0.3 is 0 Å². The van der Waals surface area contributed by atoms with Crippen LogP contribution < -0.4 is 0 Å². The fourth-order valence-corrected chi connectivity index (χ4v) is 1.91. The average molecular weight is 196 g/mol. The fraction of sp³-hybridized carbons (Fsp3) is 1.00. The lowest BCUT2D eigenvalue weighted by Crippen LogP contribution is -2.08. The van der Waals surface area contributed by atoms with Gasteiger partial charge in [-0.3, -0.25) is 0 Å². The quantitative estimate of drug-likeness (QED) is 0.510. The molecule has 0 radical (unpaired) electrons. The third-order valence-electron chi connectivity index (χ3n) is 3.45. The van der Waals surface area contributed by atoms with Gasteiger partial charge in [0, 0.05) is 0 Å². The van der Waals surface area contributed by atoms with E-state index in [1.807, 2.05) is 0 Å². The maximum atomic E-state index is 2.43. The first kappa shape index (κ1) is 14.1. The number of hydrogen-bond acceptors (Lipinski definition) is 0. The van der Waals surface area contributed by atoms with Gasteiger partial charge in [-0.25, -0.2) is 0 Å². The van der Waals surface area contributed by atoms with Crippen molar-refractivity contribution < 1.29 is 0 Å². The molecule has 0 amide bonds. The molecule has 0 aliphatic heterocycles. The lowest BCUT2D eigenvalue weighted by atomic mass is 9.64. The van der Waals surface area contributed by atoms with Crippen LogP contribution in [0, 0.1) is 5.92 Å². The maximum Gasteiger partial charge on any atom is 0.109 e. The van der Waals surface area contributed by atoms with Crippen molar-refractivity contribution in [1.82, 2.24) is 0 Å². The van der Waals surface area contributed by atoms with E-state index in [0.717, 1.165) is 5.92 Å². The molecule has 1 heteroatoms. The topological polar surface area (TPSA) is 0 Å². The Kier molecular flexibility index (Phi) is 7.40. The molecule has 0 rings (SSSR count). The summed E-state index contributed by atoms with van der Waals surface area (Å²) in [6, 6.07) is 0. The smallest absolute Gasteiger partial charge is 0.0669 e. The number of unbranched alkanes of at least 4 members (excludes halogenated alkanes) is 1. The molecule has 14 heavy (non-hydrogen) atoms. The van der Waals surface area contributed by atoms with Crippen molar-refractivity contribution in [2.45, 2.75) is 78.0 Å². The Morgan fingerprint density at radius 1 is 1.14 bits per heavy atom. The van der Waals surface area contributed by atoms with Gasteiger partial charge in [0.2, 0.25) is 0 Å². The van der Waals surface area contributed by atoms with Crippen LogP contribution in [0.3, 0.4) is 0 Å². The van der Waals surface area contributed by atoms with Crippen LogP contribution in [0.4, 0.5) is 0 Å². The van der Waals surface area contributed by atoms with E-state index in [1.165, 1.54) is 44.9 Å². The highest BCUT2D eigenvalue weighted by Gasteiger charge is 2.16. The van der Waals surface area contributed by atoms with E-state index in [-0.39, 0.29) is 0 Å². The second-order valence-electron chi connectivity index (χ2n) is 5.67. The van der Waals surface area contributed by atoms with Crippen molar-refractivity contribution in [2.75, 3.05) is 0 Å². The van der Waals surface area contributed by atoms with Crippen molar-refractivity contribution in [3.8, 4) is 0 Å².